The van der Waals surface area contributed by atoms with E-state index < -0.39 is 0 Å². The third kappa shape index (κ3) is 3.69. The quantitative estimate of drug-likeness (QED) is 0.587. The van der Waals surface area contributed by atoms with Gasteiger partial charge in [0.2, 0.25) is 0 Å². The lowest BCUT2D eigenvalue weighted by Gasteiger charge is -2.45. The number of anilines is 1. The second-order valence-corrected chi connectivity index (χ2v) is 10.1. The number of fused-ring (bicyclic) bond motifs is 4. The summed E-state index contributed by atoms with van der Waals surface area (Å²) in [6, 6.07) is 15.9. The van der Waals surface area contributed by atoms with Crippen LogP contribution in [0.3, 0.4) is 0 Å². The van der Waals surface area contributed by atoms with Gasteiger partial charge in [-0.05, 0) is 85.0 Å². The standard InChI is InChI=1S/C29H33N3/c1-19(21-10-11-21)30-28-9-4-3-7-26(28)25-8-5-6-23-16-24(17-27(23)25)20(2)31-29-18-32-14-12-22(29)13-15-32/h3-9,16,21-22,29-31H,1-2,10-15,17-18H2. The van der Waals surface area contributed by atoms with E-state index in [1.54, 1.807) is 0 Å². The van der Waals surface area contributed by atoms with E-state index in [4.69, 9.17) is 0 Å². The van der Waals surface area contributed by atoms with Gasteiger partial charge in [0.25, 0.3) is 0 Å². The molecule has 4 fully saturated rings. The molecule has 2 N–H and O–H groups in total. The zero-order valence-electron chi connectivity index (χ0n) is 18.9. The van der Waals surface area contributed by atoms with Gasteiger partial charge in [-0.15, -0.1) is 0 Å². The average molecular weight is 424 g/mol. The lowest BCUT2D eigenvalue weighted by atomic mass is 9.84. The van der Waals surface area contributed by atoms with Gasteiger partial charge in [-0.2, -0.15) is 0 Å². The van der Waals surface area contributed by atoms with Crippen LogP contribution in [0.15, 0.2) is 72.6 Å². The molecule has 5 aliphatic rings. The SMILES string of the molecule is C=C(NC1CN2CCC1CC2)C1=Cc2cccc(-c3ccccc3NC(=C)C3CC3)c2C1. The van der Waals surface area contributed by atoms with Crippen LogP contribution in [0, 0.1) is 11.8 Å². The topological polar surface area (TPSA) is 27.3 Å². The van der Waals surface area contributed by atoms with Crippen molar-refractivity contribution in [3.05, 3.63) is 83.7 Å². The van der Waals surface area contributed by atoms with Crippen LogP contribution < -0.4 is 10.6 Å². The summed E-state index contributed by atoms with van der Waals surface area (Å²) >= 11 is 0. The molecule has 3 aliphatic heterocycles. The maximum absolute atomic E-state index is 4.46. The van der Waals surface area contributed by atoms with Crippen molar-refractivity contribution in [1.29, 1.82) is 0 Å². The average Bonchev–Trinajstić information content (AvgIpc) is 3.58. The van der Waals surface area contributed by atoms with Gasteiger partial charge in [0.05, 0.1) is 0 Å². The summed E-state index contributed by atoms with van der Waals surface area (Å²) in [6.07, 6.45) is 8.45. The van der Waals surface area contributed by atoms with Crippen molar-refractivity contribution in [2.45, 2.75) is 38.1 Å². The molecule has 0 spiro atoms. The fourth-order valence-corrected chi connectivity index (χ4v) is 5.79. The van der Waals surface area contributed by atoms with Crippen molar-refractivity contribution >= 4 is 11.8 Å². The molecule has 3 heterocycles. The van der Waals surface area contributed by atoms with Crippen molar-refractivity contribution in [1.82, 2.24) is 10.2 Å². The summed E-state index contributed by atoms with van der Waals surface area (Å²) in [5.41, 5.74) is 10.1. The molecular formula is C29H33N3. The third-order valence-corrected chi connectivity index (χ3v) is 7.90. The number of hydrogen-bond acceptors (Lipinski definition) is 3. The first-order valence-electron chi connectivity index (χ1n) is 12.2. The Morgan fingerprint density at radius 2 is 1.69 bits per heavy atom. The number of allylic oxidation sites excluding steroid dienone is 2. The van der Waals surface area contributed by atoms with E-state index in [0.717, 1.165) is 29.4 Å². The highest BCUT2D eigenvalue weighted by Gasteiger charge is 2.34. The molecule has 2 aromatic rings. The zero-order valence-corrected chi connectivity index (χ0v) is 18.9. The Morgan fingerprint density at radius 1 is 0.906 bits per heavy atom. The Kier molecular flexibility index (Phi) is 4.95. The number of nitrogens with one attached hydrogen (secondary N) is 2. The first-order chi connectivity index (χ1) is 15.7. The number of rotatable bonds is 7. The number of para-hydroxylation sites is 1. The van der Waals surface area contributed by atoms with Gasteiger partial charge in [0, 0.05) is 41.7 Å². The highest BCUT2D eigenvalue weighted by Crippen LogP contribution is 2.41. The second-order valence-electron chi connectivity index (χ2n) is 10.1. The first kappa shape index (κ1) is 19.9. The van der Waals surface area contributed by atoms with Crippen LogP contribution in [0.5, 0.6) is 0 Å². The van der Waals surface area contributed by atoms with E-state index in [-0.39, 0.29) is 0 Å². The van der Waals surface area contributed by atoms with Gasteiger partial charge < -0.3 is 15.5 Å². The summed E-state index contributed by atoms with van der Waals surface area (Å²) in [6.45, 7) is 12.5. The Bertz CT molecular complexity index is 1100. The fraction of sp³-hybridized carbons (Fsp3) is 0.379. The molecule has 164 valence electrons. The molecule has 7 rings (SSSR count). The highest BCUT2D eigenvalue weighted by molar-refractivity contribution is 5.85. The molecule has 0 aromatic heterocycles. The second kappa shape index (κ2) is 7.97. The Morgan fingerprint density at radius 3 is 2.44 bits per heavy atom. The van der Waals surface area contributed by atoms with Crippen LogP contribution in [-0.4, -0.2) is 30.6 Å². The minimum absolute atomic E-state index is 0.549. The molecule has 3 saturated heterocycles. The van der Waals surface area contributed by atoms with Gasteiger partial charge in [-0.25, -0.2) is 0 Å². The van der Waals surface area contributed by atoms with Gasteiger partial charge in [-0.1, -0.05) is 49.6 Å². The number of piperidine rings is 3. The largest absolute Gasteiger partial charge is 0.381 e. The number of benzene rings is 2. The van der Waals surface area contributed by atoms with E-state index in [9.17, 15) is 0 Å². The van der Waals surface area contributed by atoms with Crippen LogP contribution in [0.1, 0.15) is 36.8 Å². The molecule has 1 unspecified atom stereocenters. The number of nitrogens with zero attached hydrogens (tertiary/aromatic N) is 1. The van der Waals surface area contributed by atoms with Gasteiger partial charge >= 0.3 is 0 Å². The predicted octanol–water partition coefficient (Wildman–Crippen LogP) is 5.83. The van der Waals surface area contributed by atoms with E-state index in [2.05, 4.69) is 77.2 Å². The lowest BCUT2D eigenvalue weighted by molar-refractivity contribution is 0.0776. The van der Waals surface area contributed by atoms with Gasteiger partial charge in [-0.3, -0.25) is 0 Å². The Hall–Kier alpha value is -2.78. The van der Waals surface area contributed by atoms with Crippen molar-refractivity contribution < 1.29 is 0 Å². The molecule has 1 atom stereocenters. The summed E-state index contributed by atoms with van der Waals surface area (Å²) in [5.74, 6) is 1.44. The molecule has 0 radical (unpaired) electrons. The van der Waals surface area contributed by atoms with Crippen molar-refractivity contribution in [3.8, 4) is 11.1 Å². The molecular weight excluding hydrogens is 390 g/mol. The Balaban J connectivity index is 1.22. The Labute approximate surface area is 191 Å². The normalized spacial score (nSPS) is 25.8. The molecule has 1 saturated carbocycles. The summed E-state index contributed by atoms with van der Waals surface area (Å²) < 4.78 is 0. The molecule has 2 aromatic carbocycles. The van der Waals surface area contributed by atoms with Crippen molar-refractivity contribution in [3.63, 3.8) is 0 Å². The number of hydrogen-bond donors (Lipinski definition) is 2. The molecule has 2 aliphatic carbocycles. The zero-order chi connectivity index (χ0) is 21.7. The smallest absolute Gasteiger partial charge is 0.0461 e. The van der Waals surface area contributed by atoms with E-state index in [0.29, 0.717) is 12.0 Å². The van der Waals surface area contributed by atoms with Crippen LogP contribution in [0.2, 0.25) is 0 Å². The minimum atomic E-state index is 0.549. The molecule has 3 heteroatoms. The summed E-state index contributed by atoms with van der Waals surface area (Å²) in [4.78, 5) is 2.60. The molecule has 3 nitrogen and oxygen atoms in total. The highest BCUT2D eigenvalue weighted by atomic mass is 15.2. The maximum Gasteiger partial charge on any atom is 0.0461 e. The van der Waals surface area contributed by atoms with E-state index in [1.807, 2.05) is 0 Å². The van der Waals surface area contributed by atoms with Crippen molar-refractivity contribution in [2.75, 3.05) is 25.0 Å². The van der Waals surface area contributed by atoms with Gasteiger partial charge in [0.15, 0.2) is 0 Å². The van der Waals surface area contributed by atoms with Crippen LogP contribution in [0.4, 0.5) is 5.69 Å². The van der Waals surface area contributed by atoms with Crippen molar-refractivity contribution in [2.24, 2.45) is 11.8 Å². The van der Waals surface area contributed by atoms with Crippen LogP contribution in [-0.2, 0) is 6.42 Å². The van der Waals surface area contributed by atoms with Gasteiger partial charge in [0.1, 0.15) is 0 Å². The third-order valence-electron chi connectivity index (χ3n) is 7.90. The van der Waals surface area contributed by atoms with Crippen LogP contribution >= 0.6 is 0 Å². The molecule has 2 bridgehead atoms. The maximum atomic E-state index is 4.46. The molecule has 32 heavy (non-hydrogen) atoms. The predicted molar refractivity (Wildman–Crippen MR) is 134 cm³/mol. The minimum Gasteiger partial charge on any atom is -0.381 e. The summed E-state index contributed by atoms with van der Waals surface area (Å²) in [7, 11) is 0. The first-order valence-corrected chi connectivity index (χ1v) is 12.2. The lowest BCUT2D eigenvalue weighted by Crippen LogP contribution is -2.55. The van der Waals surface area contributed by atoms with Crippen LogP contribution in [0.25, 0.3) is 17.2 Å². The fourth-order valence-electron chi connectivity index (χ4n) is 5.79. The summed E-state index contributed by atoms with van der Waals surface area (Å²) in [5, 5.41) is 7.43. The monoisotopic (exact) mass is 423 g/mol. The van der Waals surface area contributed by atoms with E-state index in [1.165, 1.54) is 73.1 Å². The molecule has 0 amide bonds. The van der Waals surface area contributed by atoms with E-state index >= 15 is 0 Å².